The Balaban J connectivity index is 1.46. The Morgan fingerprint density at radius 2 is 1.85 bits per heavy atom. The molecule has 2 aliphatic rings. The van der Waals surface area contributed by atoms with E-state index in [1.807, 2.05) is 31.2 Å². The molecule has 5 heteroatoms. The number of hydrogen-bond donors (Lipinski definition) is 1. The maximum atomic E-state index is 12.6. The summed E-state index contributed by atoms with van der Waals surface area (Å²) in [5.74, 6) is -0.745. The second-order valence-electron chi connectivity index (χ2n) is 7.73. The second kappa shape index (κ2) is 8.67. The second-order valence-corrected chi connectivity index (χ2v) is 7.73. The van der Waals surface area contributed by atoms with Crippen molar-refractivity contribution < 1.29 is 9.59 Å². The van der Waals surface area contributed by atoms with E-state index in [2.05, 4.69) is 17.3 Å². The zero-order chi connectivity index (χ0) is 18.5. The topological polar surface area (TPSA) is 52.7 Å². The van der Waals surface area contributed by atoms with E-state index in [0.717, 1.165) is 17.8 Å². The number of rotatable bonds is 6. The molecule has 0 spiro atoms. The first-order valence-corrected chi connectivity index (χ1v) is 9.92. The summed E-state index contributed by atoms with van der Waals surface area (Å²) in [6.45, 7) is 4.09. The van der Waals surface area contributed by atoms with Crippen molar-refractivity contribution in [3.8, 4) is 0 Å². The zero-order valence-electron chi connectivity index (χ0n) is 16.0. The van der Waals surface area contributed by atoms with Gasteiger partial charge < -0.3 is 15.1 Å². The number of nitrogens with zero attached hydrogens (tertiary/aromatic N) is 2. The summed E-state index contributed by atoms with van der Waals surface area (Å²) in [7, 11) is 2.14. The van der Waals surface area contributed by atoms with E-state index in [4.69, 9.17) is 0 Å². The Kier molecular flexibility index (Phi) is 6.30. The average molecular weight is 357 g/mol. The molecule has 1 unspecified atom stereocenters. The van der Waals surface area contributed by atoms with Crippen molar-refractivity contribution in [3.63, 3.8) is 0 Å². The Labute approximate surface area is 156 Å². The van der Waals surface area contributed by atoms with E-state index in [0.29, 0.717) is 25.6 Å². The van der Waals surface area contributed by atoms with Crippen LogP contribution in [0.1, 0.15) is 44.1 Å². The Hall–Kier alpha value is -1.88. The number of carbonyl (C=O) groups is 2. The molecular formula is C21H31N3O2. The molecule has 26 heavy (non-hydrogen) atoms. The highest BCUT2D eigenvalue weighted by atomic mass is 16.2. The van der Waals surface area contributed by atoms with Gasteiger partial charge in [0.25, 0.3) is 0 Å². The molecule has 0 radical (unpaired) electrons. The minimum atomic E-state index is -0.545. The predicted octanol–water partition coefficient (Wildman–Crippen LogP) is 2.73. The van der Waals surface area contributed by atoms with Gasteiger partial charge in [0.2, 0.25) is 11.8 Å². The fourth-order valence-electron chi connectivity index (χ4n) is 4.09. The van der Waals surface area contributed by atoms with Crippen LogP contribution in [0.3, 0.4) is 0 Å². The highest BCUT2D eigenvalue weighted by molar-refractivity contribution is 6.09. The molecule has 1 aromatic carbocycles. The molecule has 1 N–H and O–H groups in total. The van der Waals surface area contributed by atoms with Crippen molar-refractivity contribution in [2.75, 3.05) is 31.6 Å². The lowest BCUT2D eigenvalue weighted by Gasteiger charge is -2.31. The van der Waals surface area contributed by atoms with Crippen molar-refractivity contribution in [2.24, 2.45) is 5.92 Å². The lowest BCUT2D eigenvalue weighted by molar-refractivity contribution is -0.132. The summed E-state index contributed by atoms with van der Waals surface area (Å²) in [5.41, 5.74) is 2.05. The smallest absolute Gasteiger partial charge is 0.239 e. The summed E-state index contributed by atoms with van der Waals surface area (Å²) in [6, 6.07) is 8.54. The standard InChI is InChI=1S/C21H31N3O2/c1-16-8-10-18(11-9-16)24-14-12-19(21(24)26)20(25)22-13-15-23(2)17-6-4-3-5-7-17/h8-11,17,19H,3-7,12-15H2,1-2H3,(H,22,25). The molecule has 5 nitrogen and oxygen atoms in total. The summed E-state index contributed by atoms with van der Waals surface area (Å²) in [4.78, 5) is 29.2. The van der Waals surface area contributed by atoms with E-state index in [1.165, 1.54) is 32.1 Å². The fraction of sp³-hybridized carbons (Fsp3) is 0.619. The van der Waals surface area contributed by atoms with Crippen LogP contribution < -0.4 is 10.2 Å². The SMILES string of the molecule is Cc1ccc(N2CCC(C(=O)NCCN(C)C3CCCCC3)C2=O)cc1. The molecule has 142 valence electrons. The van der Waals surface area contributed by atoms with Gasteiger partial charge in [0.05, 0.1) is 0 Å². The van der Waals surface area contributed by atoms with Gasteiger partial charge in [0.1, 0.15) is 5.92 Å². The number of hydrogen-bond acceptors (Lipinski definition) is 3. The largest absolute Gasteiger partial charge is 0.354 e. The van der Waals surface area contributed by atoms with Crippen molar-refractivity contribution in [3.05, 3.63) is 29.8 Å². The van der Waals surface area contributed by atoms with Crippen LogP contribution in [-0.4, -0.2) is 49.4 Å². The van der Waals surface area contributed by atoms with E-state index in [9.17, 15) is 9.59 Å². The number of nitrogens with one attached hydrogen (secondary N) is 1. The number of benzene rings is 1. The van der Waals surface area contributed by atoms with Crippen molar-refractivity contribution >= 4 is 17.5 Å². The molecule has 3 rings (SSSR count). The highest BCUT2D eigenvalue weighted by Crippen LogP contribution is 2.25. The molecule has 0 aromatic heterocycles. The molecule has 0 bridgehead atoms. The molecule has 1 atom stereocenters. The van der Waals surface area contributed by atoms with Crippen LogP contribution >= 0.6 is 0 Å². The van der Waals surface area contributed by atoms with Crippen LogP contribution in [0.5, 0.6) is 0 Å². The molecule has 2 fully saturated rings. The first kappa shape index (κ1) is 18.9. The lowest BCUT2D eigenvalue weighted by atomic mass is 9.94. The van der Waals surface area contributed by atoms with Crippen LogP contribution in [-0.2, 0) is 9.59 Å². The van der Waals surface area contributed by atoms with Gasteiger partial charge in [0.15, 0.2) is 0 Å². The average Bonchev–Trinajstić information content (AvgIpc) is 3.04. The van der Waals surface area contributed by atoms with Crippen LogP contribution in [0, 0.1) is 12.8 Å². The third kappa shape index (κ3) is 4.44. The minimum absolute atomic E-state index is 0.0769. The molecule has 1 aliphatic carbocycles. The van der Waals surface area contributed by atoms with Gasteiger partial charge in [-0.15, -0.1) is 0 Å². The van der Waals surface area contributed by atoms with Gasteiger partial charge in [0, 0.05) is 31.4 Å². The van der Waals surface area contributed by atoms with E-state index in [-0.39, 0.29) is 11.8 Å². The number of amides is 2. The van der Waals surface area contributed by atoms with Crippen LogP contribution in [0.4, 0.5) is 5.69 Å². The molecule has 1 saturated heterocycles. The van der Waals surface area contributed by atoms with Gasteiger partial charge in [-0.05, 0) is 45.4 Å². The van der Waals surface area contributed by atoms with E-state index >= 15 is 0 Å². The third-order valence-corrected chi connectivity index (χ3v) is 5.83. The predicted molar refractivity (Wildman–Crippen MR) is 104 cm³/mol. The maximum absolute atomic E-state index is 12.6. The normalized spacial score (nSPS) is 21.4. The van der Waals surface area contributed by atoms with Gasteiger partial charge in [-0.3, -0.25) is 9.59 Å². The first-order chi connectivity index (χ1) is 12.6. The third-order valence-electron chi connectivity index (χ3n) is 5.83. The highest BCUT2D eigenvalue weighted by Gasteiger charge is 2.37. The summed E-state index contributed by atoms with van der Waals surface area (Å²) in [6.07, 6.45) is 7.09. The van der Waals surface area contributed by atoms with Gasteiger partial charge in [-0.25, -0.2) is 0 Å². The first-order valence-electron chi connectivity index (χ1n) is 9.92. The lowest BCUT2D eigenvalue weighted by Crippen LogP contribution is -2.42. The van der Waals surface area contributed by atoms with Gasteiger partial charge in [-0.1, -0.05) is 37.0 Å². The van der Waals surface area contributed by atoms with Gasteiger partial charge in [-0.2, -0.15) is 0 Å². The Morgan fingerprint density at radius 1 is 1.15 bits per heavy atom. The van der Waals surface area contributed by atoms with E-state index < -0.39 is 5.92 Å². The summed E-state index contributed by atoms with van der Waals surface area (Å²) >= 11 is 0. The molecule has 2 amide bonds. The molecular weight excluding hydrogens is 326 g/mol. The summed E-state index contributed by atoms with van der Waals surface area (Å²) < 4.78 is 0. The molecule has 1 saturated carbocycles. The van der Waals surface area contributed by atoms with Crippen molar-refractivity contribution in [2.45, 2.75) is 51.5 Å². The molecule has 1 aliphatic heterocycles. The van der Waals surface area contributed by atoms with Crippen LogP contribution in [0.2, 0.25) is 0 Å². The zero-order valence-corrected chi connectivity index (χ0v) is 16.0. The molecule has 1 aromatic rings. The fourth-order valence-corrected chi connectivity index (χ4v) is 4.09. The number of aryl methyl sites for hydroxylation is 1. The molecule has 1 heterocycles. The summed E-state index contributed by atoms with van der Waals surface area (Å²) in [5, 5.41) is 2.98. The monoisotopic (exact) mass is 357 g/mol. The maximum Gasteiger partial charge on any atom is 0.239 e. The van der Waals surface area contributed by atoms with Crippen molar-refractivity contribution in [1.82, 2.24) is 10.2 Å². The number of likely N-dealkylation sites (N-methyl/N-ethyl adjacent to an activating group) is 1. The quantitative estimate of drug-likeness (QED) is 0.797. The van der Waals surface area contributed by atoms with E-state index in [1.54, 1.807) is 4.90 Å². The number of carbonyl (C=O) groups excluding carboxylic acids is 2. The van der Waals surface area contributed by atoms with Crippen molar-refractivity contribution in [1.29, 1.82) is 0 Å². The minimum Gasteiger partial charge on any atom is -0.354 e. The Bertz CT molecular complexity index is 623. The number of anilines is 1. The van der Waals surface area contributed by atoms with Crippen LogP contribution in [0.25, 0.3) is 0 Å². The van der Waals surface area contributed by atoms with Gasteiger partial charge >= 0.3 is 0 Å². The van der Waals surface area contributed by atoms with Crippen LogP contribution in [0.15, 0.2) is 24.3 Å². The Morgan fingerprint density at radius 3 is 2.54 bits per heavy atom.